The van der Waals surface area contributed by atoms with Crippen LogP contribution in [0.1, 0.15) is 34.6 Å². The van der Waals surface area contributed by atoms with Gasteiger partial charge in [0.2, 0.25) is 6.10 Å². The number of fused-ring (bicyclic) bond motifs is 1. The number of ether oxygens (including phenoxy) is 1. The Hall–Kier alpha value is -5.07. The summed E-state index contributed by atoms with van der Waals surface area (Å²) >= 11 is 0. The molecule has 13 heteroatoms. The lowest BCUT2D eigenvalue weighted by atomic mass is 9.90. The molecule has 1 aliphatic rings. The van der Waals surface area contributed by atoms with E-state index in [2.05, 4.69) is 20.1 Å². The Labute approximate surface area is 248 Å². The molecule has 6 rings (SSSR count). The number of aryl methyl sites for hydroxylation is 1. The smallest absolute Gasteiger partial charge is 0.429 e. The largest absolute Gasteiger partial charge is 0.476 e. The molecule has 0 saturated carbocycles. The highest BCUT2D eigenvalue weighted by Gasteiger charge is 2.43. The number of nitrogens with zero attached hydrogens (tertiary/aromatic N) is 5. The van der Waals surface area contributed by atoms with Crippen LogP contribution in [0.2, 0.25) is 0 Å². The molecule has 1 fully saturated rings. The van der Waals surface area contributed by atoms with Gasteiger partial charge in [-0.25, -0.2) is 9.50 Å². The van der Waals surface area contributed by atoms with E-state index in [-0.39, 0.29) is 52.4 Å². The average Bonchev–Trinajstić information content (AvgIpc) is 3.39. The molecule has 1 unspecified atom stereocenters. The van der Waals surface area contributed by atoms with Gasteiger partial charge in [-0.1, -0.05) is 30.3 Å². The fourth-order valence-electron chi connectivity index (χ4n) is 5.28. The molecule has 9 nitrogen and oxygen atoms in total. The molecule has 0 spiro atoms. The number of likely N-dealkylation sites (tertiary alicyclic amines) is 1. The van der Waals surface area contributed by atoms with E-state index < -0.39 is 30.4 Å². The van der Waals surface area contributed by atoms with E-state index in [4.69, 9.17) is 4.74 Å². The SMILES string of the molecule is Cc1nccnc1-c1[nH]n2c(=O)cc(-c3ccc(OC(c4ccccc4)C(F)(F)F)cc3)nc2c1C(=O)N1C[C@H](CF)[C@@H]1C. The summed E-state index contributed by atoms with van der Waals surface area (Å²) in [7, 11) is 0. The van der Waals surface area contributed by atoms with Gasteiger partial charge in [-0.3, -0.25) is 29.0 Å². The predicted molar refractivity (Wildman–Crippen MR) is 153 cm³/mol. The number of H-pyrrole nitrogens is 1. The second-order valence-corrected chi connectivity index (χ2v) is 10.6. The Morgan fingerprint density at radius 2 is 1.80 bits per heavy atom. The van der Waals surface area contributed by atoms with Crippen LogP contribution in [0.15, 0.2) is 77.9 Å². The number of nitrogens with one attached hydrogen (secondary N) is 1. The lowest BCUT2D eigenvalue weighted by Crippen LogP contribution is -2.58. The van der Waals surface area contributed by atoms with Crippen LogP contribution >= 0.6 is 0 Å². The van der Waals surface area contributed by atoms with Gasteiger partial charge in [0, 0.05) is 48.1 Å². The maximum Gasteiger partial charge on any atom is 0.429 e. The van der Waals surface area contributed by atoms with Crippen molar-refractivity contribution in [1.82, 2.24) is 29.5 Å². The van der Waals surface area contributed by atoms with Crippen molar-refractivity contribution in [3.8, 4) is 28.4 Å². The minimum Gasteiger partial charge on any atom is -0.476 e. The van der Waals surface area contributed by atoms with Gasteiger partial charge in [-0.2, -0.15) is 13.2 Å². The van der Waals surface area contributed by atoms with E-state index in [9.17, 15) is 27.2 Å². The van der Waals surface area contributed by atoms with Crippen molar-refractivity contribution in [2.75, 3.05) is 13.2 Å². The monoisotopic (exact) mass is 606 g/mol. The molecule has 226 valence electrons. The summed E-state index contributed by atoms with van der Waals surface area (Å²) in [5.41, 5.74) is 1.20. The minimum atomic E-state index is -4.66. The summed E-state index contributed by atoms with van der Waals surface area (Å²) in [6, 6.07) is 13.9. The number of carbonyl (C=O) groups excluding carboxylic acids is 1. The maximum absolute atomic E-state index is 13.9. The van der Waals surface area contributed by atoms with Crippen LogP contribution in [0.25, 0.3) is 28.3 Å². The number of hydrogen-bond acceptors (Lipinski definition) is 6. The van der Waals surface area contributed by atoms with E-state index in [0.717, 1.165) is 4.52 Å². The number of rotatable bonds is 7. The first kappa shape index (κ1) is 29.0. The molecule has 3 atom stereocenters. The second kappa shape index (κ2) is 11.2. The van der Waals surface area contributed by atoms with Gasteiger partial charge < -0.3 is 9.64 Å². The van der Waals surface area contributed by atoms with Gasteiger partial charge in [0.25, 0.3) is 11.5 Å². The number of benzene rings is 2. The topological polar surface area (TPSA) is 105 Å². The molecule has 1 N–H and O–H groups in total. The van der Waals surface area contributed by atoms with E-state index in [1.54, 1.807) is 19.9 Å². The van der Waals surface area contributed by atoms with Crippen LogP contribution < -0.4 is 10.3 Å². The molecular weight excluding hydrogens is 580 g/mol. The number of aromatic amines is 1. The normalized spacial score (nSPS) is 17.4. The first-order chi connectivity index (χ1) is 21.1. The Balaban J connectivity index is 1.40. The molecule has 0 bridgehead atoms. The lowest BCUT2D eigenvalue weighted by molar-refractivity contribution is -0.198. The molecule has 5 aromatic rings. The highest BCUT2D eigenvalue weighted by atomic mass is 19.4. The molecule has 0 aliphatic carbocycles. The predicted octanol–water partition coefficient (Wildman–Crippen LogP) is 5.57. The van der Waals surface area contributed by atoms with Crippen LogP contribution in [0.3, 0.4) is 0 Å². The summed E-state index contributed by atoms with van der Waals surface area (Å²) in [5, 5.41) is 2.94. The third-order valence-electron chi connectivity index (χ3n) is 7.82. The van der Waals surface area contributed by atoms with Crippen LogP contribution in [0.5, 0.6) is 5.75 Å². The summed E-state index contributed by atoms with van der Waals surface area (Å²) < 4.78 is 61.2. The zero-order chi connectivity index (χ0) is 31.2. The Bertz CT molecular complexity index is 1890. The van der Waals surface area contributed by atoms with Crippen molar-refractivity contribution >= 4 is 11.6 Å². The van der Waals surface area contributed by atoms with E-state index in [1.807, 2.05) is 0 Å². The van der Waals surface area contributed by atoms with Gasteiger partial charge in [0.05, 0.1) is 23.8 Å². The second-order valence-electron chi connectivity index (χ2n) is 10.6. The lowest BCUT2D eigenvalue weighted by Gasteiger charge is -2.45. The molecule has 1 aliphatic heterocycles. The van der Waals surface area contributed by atoms with Crippen LogP contribution in [-0.4, -0.2) is 60.8 Å². The van der Waals surface area contributed by atoms with Crippen LogP contribution in [0.4, 0.5) is 17.6 Å². The van der Waals surface area contributed by atoms with Gasteiger partial charge in [-0.15, -0.1) is 0 Å². The zero-order valence-electron chi connectivity index (χ0n) is 23.5. The highest BCUT2D eigenvalue weighted by molar-refractivity contribution is 6.06. The van der Waals surface area contributed by atoms with E-state index >= 15 is 0 Å². The molecule has 1 amide bonds. The van der Waals surface area contributed by atoms with Crippen molar-refractivity contribution < 1.29 is 27.1 Å². The van der Waals surface area contributed by atoms with Crippen molar-refractivity contribution in [2.45, 2.75) is 32.2 Å². The third-order valence-corrected chi connectivity index (χ3v) is 7.82. The first-order valence-corrected chi connectivity index (χ1v) is 13.8. The molecule has 2 aromatic carbocycles. The number of halogens is 4. The summed E-state index contributed by atoms with van der Waals surface area (Å²) in [6.45, 7) is 3.11. The van der Waals surface area contributed by atoms with E-state index in [0.29, 0.717) is 17.0 Å². The van der Waals surface area contributed by atoms with E-state index in [1.165, 1.54) is 71.9 Å². The number of aromatic nitrogens is 5. The summed E-state index contributed by atoms with van der Waals surface area (Å²) in [4.78, 5) is 41.9. The molecule has 1 saturated heterocycles. The summed E-state index contributed by atoms with van der Waals surface area (Å²) in [6.07, 6.45) is -3.87. The van der Waals surface area contributed by atoms with Crippen LogP contribution in [0, 0.1) is 12.8 Å². The van der Waals surface area contributed by atoms with Gasteiger partial charge in [0.15, 0.2) is 5.65 Å². The van der Waals surface area contributed by atoms with Crippen molar-refractivity contribution in [3.05, 3.63) is 100 Å². The van der Waals surface area contributed by atoms with Crippen molar-refractivity contribution in [2.24, 2.45) is 5.92 Å². The van der Waals surface area contributed by atoms with Gasteiger partial charge in [0.1, 0.15) is 17.0 Å². The van der Waals surface area contributed by atoms with Crippen molar-refractivity contribution in [3.63, 3.8) is 0 Å². The molecule has 4 heterocycles. The minimum absolute atomic E-state index is 0.0231. The molecule has 44 heavy (non-hydrogen) atoms. The molecular formula is C31H26F4N6O3. The number of hydrogen-bond donors (Lipinski definition) is 1. The zero-order valence-corrected chi connectivity index (χ0v) is 23.5. The number of alkyl halides is 4. The Morgan fingerprint density at radius 3 is 2.43 bits per heavy atom. The van der Waals surface area contributed by atoms with Gasteiger partial charge in [-0.05, 0) is 38.1 Å². The Morgan fingerprint density at radius 1 is 1.09 bits per heavy atom. The summed E-state index contributed by atoms with van der Waals surface area (Å²) in [5.74, 6) is -0.783. The fraction of sp³-hybridized carbons (Fsp3) is 0.258. The fourth-order valence-corrected chi connectivity index (χ4v) is 5.28. The quantitative estimate of drug-likeness (QED) is 0.243. The highest BCUT2D eigenvalue weighted by Crippen LogP contribution is 2.37. The standard InChI is InChI=1S/C31H26F4N6O3/c1-17-26(37-13-12-36-17)27-25(30(43)40-16-21(15-32)18(40)2)29-38-23(14-24(42)41(29)39-27)19-8-10-22(11-9-19)44-28(31(33,34)35)20-6-4-3-5-7-20/h3-14,18,21,28,39H,15-16H2,1-2H3/t18-,21-,28?/m0/s1. The number of carbonyl (C=O) groups is 1. The Kier molecular flexibility index (Phi) is 7.39. The number of amides is 1. The van der Waals surface area contributed by atoms with Crippen LogP contribution in [-0.2, 0) is 0 Å². The maximum atomic E-state index is 13.9. The average molecular weight is 607 g/mol. The van der Waals surface area contributed by atoms with Crippen molar-refractivity contribution in [1.29, 1.82) is 0 Å². The molecule has 0 radical (unpaired) electrons. The van der Waals surface area contributed by atoms with Gasteiger partial charge >= 0.3 is 6.18 Å². The first-order valence-electron chi connectivity index (χ1n) is 13.8. The third kappa shape index (κ3) is 5.18. The molecule has 3 aromatic heterocycles.